The molecule has 1 aliphatic heterocycles. The van der Waals surface area contributed by atoms with Gasteiger partial charge in [0.1, 0.15) is 0 Å². The molecule has 1 saturated heterocycles. The Balaban J connectivity index is 2.51. The van der Waals surface area contributed by atoms with Crippen LogP contribution in [0.15, 0.2) is 0 Å². The van der Waals surface area contributed by atoms with E-state index in [0.29, 0.717) is 5.92 Å². The molecule has 0 spiro atoms. The maximum atomic E-state index is 5.85. The van der Waals surface area contributed by atoms with Crippen LogP contribution in [0.3, 0.4) is 0 Å². The number of nitrogens with zero attached hydrogens (tertiary/aromatic N) is 1. The lowest BCUT2D eigenvalue weighted by Crippen LogP contribution is -2.46. The third kappa shape index (κ3) is 5.25. The Morgan fingerprint density at radius 2 is 1.28 bits per heavy atom. The highest BCUT2D eigenvalue weighted by molar-refractivity contribution is 4.78. The topological polar surface area (TPSA) is 21.7 Å². The van der Waals surface area contributed by atoms with Crippen LogP contribution in [0.25, 0.3) is 0 Å². The SMILES string of the molecule is CC(C)(C)C1COCCN(C(C)(C)C)CCOC1. The van der Waals surface area contributed by atoms with Crippen LogP contribution in [-0.2, 0) is 9.47 Å². The first-order valence-electron chi connectivity index (χ1n) is 7.12. The Hall–Kier alpha value is -0.120. The second-order valence-corrected chi connectivity index (χ2v) is 7.37. The zero-order valence-corrected chi connectivity index (χ0v) is 13.1. The van der Waals surface area contributed by atoms with Gasteiger partial charge in [-0.3, -0.25) is 4.90 Å². The molecular weight excluding hydrogens is 226 g/mol. The van der Waals surface area contributed by atoms with Gasteiger partial charge in [-0.25, -0.2) is 0 Å². The van der Waals surface area contributed by atoms with Crippen molar-refractivity contribution in [3.8, 4) is 0 Å². The van der Waals surface area contributed by atoms with E-state index in [9.17, 15) is 0 Å². The lowest BCUT2D eigenvalue weighted by Gasteiger charge is -2.37. The second-order valence-electron chi connectivity index (χ2n) is 7.37. The van der Waals surface area contributed by atoms with Crippen molar-refractivity contribution in [2.45, 2.75) is 47.1 Å². The van der Waals surface area contributed by atoms with Crippen molar-refractivity contribution < 1.29 is 9.47 Å². The number of rotatable bonds is 0. The molecule has 3 nitrogen and oxygen atoms in total. The first-order valence-corrected chi connectivity index (χ1v) is 7.12. The molecule has 1 fully saturated rings. The van der Waals surface area contributed by atoms with Crippen molar-refractivity contribution in [1.29, 1.82) is 0 Å². The summed E-state index contributed by atoms with van der Waals surface area (Å²) in [6, 6.07) is 0. The Kier molecular flexibility index (Phi) is 5.63. The van der Waals surface area contributed by atoms with Gasteiger partial charge >= 0.3 is 0 Å². The average Bonchev–Trinajstić information content (AvgIpc) is 2.22. The molecule has 0 aliphatic carbocycles. The van der Waals surface area contributed by atoms with Crippen LogP contribution in [0.4, 0.5) is 0 Å². The first kappa shape index (κ1) is 15.9. The number of hydrogen-bond donors (Lipinski definition) is 0. The van der Waals surface area contributed by atoms with Crippen molar-refractivity contribution in [3.05, 3.63) is 0 Å². The van der Waals surface area contributed by atoms with E-state index in [0.717, 1.165) is 39.5 Å². The number of ether oxygens (including phenoxy) is 2. The largest absolute Gasteiger partial charge is 0.380 e. The fourth-order valence-electron chi connectivity index (χ4n) is 2.13. The van der Waals surface area contributed by atoms with Crippen LogP contribution >= 0.6 is 0 Å². The Labute approximate surface area is 113 Å². The molecular formula is C15H31NO2. The second kappa shape index (κ2) is 6.36. The Morgan fingerprint density at radius 1 is 0.833 bits per heavy atom. The fraction of sp³-hybridized carbons (Fsp3) is 1.00. The molecule has 3 heteroatoms. The molecule has 18 heavy (non-hydrogen) atoms. The molecule has 0 N–H and O–H groups in total. The van der Waals surface area contributed by atoms with Crippen LogP contribution < -0.4 is 0 Å². The normalized spacial score (nSPS) is 23.0. The highest BCUT2D eigenvalue weighted by Gasteiger charge is 2.27. The summed E-state index contributed by atoms with van der Waals surface area (Å²) in [6.45, 7) is 18.8. The molecule has 1 heterocycles. The summed E-state index contributed by atoms with van der Waals surface area (Å²) in [5.41, 5.74) is 0.443. The molecule has 0 saturated carbocycles. The molecule has 0 aromatic rings. The fourth-order valence-corrected chi connectivity index (χ4v) is 2.13. The summed E-state index contributed by atoms with van der Waals surface area (Å²) >= 11 is 0. The molecule has 1 aliphatic rings. The summed E-state index contributed by atoms with van der Waals surface area (Å²) in [6.07, 6.45) is 0. The van der Waals surface area contributed by atoms with Crippen molar-refractivity contribution in [2.24, 2.45) is 11.3 Å². The van der Waals surface area contributed by atoms with Gasteiger partial charge < -0.3 is 9.47 Å². The van der Waals surface area contributed by atoms with Gasteiger partial charge in [-0.1, -0.05) is 20.8 Å². The van der Waals surface area contributed by atoms with Crippen LogP contribution in [0, 0.1) is 11.3 Å². The lowest BCUT2D eigenvalue weighted by atomic mass is 9.82. The molecule has 108 valence electrons. The quantitative estimate of drug-likeness (QED) is 0.666. The summed E-state index contributed by atoms with van der Waals surface area (Å²) in [5.74, 6) is 0.485. The van der Waals surface area contributed by atoms with E-state index in [-0.39, 0.29) is 11.0 Å². The van der Waals surface area contributed by atoms with E-state index < -0.39 is 0 Å². The Morgan fingerprint density at radius 3 is 1.61 bits per heavy atom. The van der Waals surface area contributed by atoms with E-state index in [1.165, 1.54) is 0 Å². The van der Waals surface area contributed by atoms with Gasteiger partial charge in [0.05, 0.1) is 26.4 Å². The maximum absolute atomic E-state index is 5.85. The van der Waals surface area contributed by atoms with Crippen molar-refractivity contribution in [3.63, 3.8) is 0 Å². The third-order valence-electron chi connectivity index (χ3n) is 3.82. The van der Waals surface area contributed by atoms with Gasteiger partial charge in [-0.15, -0.1) is 0 Å². The zero-order chi connectivity index (χ0) is 13.8. The van der Waals surface area contributed by atoms with Crippen LogP contribution in [0.1, 0.15) is 41.5 Å². The average molecular weight is 257 g/mol. The van der Waals surface area contributed by atoms with Gasteiger partial charge in [0.15, 0.2) is 0 Å². The van der Waals surface area contributed by atoms with Crippen LogP contribution in [-0.4, -0.2) is 50.0 Å². The number of hydrogen-bond acceptors (Lipinski definition) is 3. The molecule has 0 amide bonds. The highest BCUT2D eigenvalue weighted by atomic mass is 16.5. The standard InChI is InChI=1S/C15H31NO2/c1-14(2,3)13-11-17-9-7-16(15(4,5)6)8-10-18-12-13/h13H,7-12H2,1-6H3. The van der Waals surface area contributed by atoms with E-state index >= 15 is 0 Å². The molecule has 0 aromatic heterocycles. The van der Waals surface area contributed by atoms with Crippen molar-refractivity contribution in [2.75, 3.05) is 39.5 Å². The molecule has 0 atom stereocenters. The molecule has 0 bridgehead atoms. The van der Waals surface area contributed by atoms with Gasteiger partial charge in [0, 0.05) is 24.5 Å². The van der Waals surface area contributed by atoms with E-state index in [4.69, 9.17) is 9.47 Å². The minimum Gasteiger partial charge on any atom is -0.380 e. The van der Waals surface area contributed by atoms with Crippen molar-refractivity contribution >= 4 is 0 Å². The maximum Gasteiger partial charge on any atom is 0.0593 e. The monoisotopic (exact) mass is 257 g/mol. The minimum absolute atomic E-state index is 0.190. The molecule has 0 unspecified atom stereocenters. The zero-order valence-electron chi connectivity index (χ0n) is 13.1. The van der Waals surface area contributed by atoms with Gasteiger partial charge in [-0.05, 0) is 26.2 Å². The van der Waals surface area contributed by atoms with Crippen molar-refractivity contribution in [1.82, 2.24) is 4.90 Å². The molecule has 0 aromatic carbocycles. The van der Waals surface area contributed by atoms with Gasteiger partial charge in [-0.2, -0.15) is 0 Å². The lowest BCUT2D eigenvalue weighted by molar-refractivity contribution is -0.0408. The third-order valence-corrected chi connectivity index (χ3v) is 3.82. The van der Waals surface area contributed by atoms with Gasteiger partial charge in [0.2, 0.25) is 0 Å². The van der Waals surface area contributed by atoms with Crippen LogP contribution in [0.2, 0.25) is 0 Å². The van der Waals surface area contributed by atoms with E-state index in [2.05, 4.69) is 46.4 Å². The highest BCUT2D eigenvalue weighted by Crippen LogP contribution is 2.27. The molecule has 0 radical (unpaired) electrons. The predicted octanol–water partition coefficient (Wildman–Crippen LogP) is 2.80. The minimum atomic E-state index is 0.190. The summed E-state index contributed by atoms with van der Waals surface area (Å²) in [7, 11) is 0. The Bertz CT molecular complexity index is 202. The summed E-state index contributed by atoms with van der Waals surface area (Å²) in [5, 5.41) is 0. The van der Waals surface area contributed by atoms with Crippen LogP contribution in [0.5, 0.6) is 0 Å². The predicted molar refractivity (Wildman–Crippen MR) is 75.9 cm³/mol. The first-order chi connectivity index (χ1) is 8.21. The van der Waals surface area contributed by atoms with Gasteiger partial charge in [0.25, 0.3) is 0 Å². The van der Waals surface area contributed by atoms with E-state index in [1.807, 2.05) is 0 Å². The van der Waals surface area contributed by atoms with E-state index in [1.54, 1.807) is 0 Å². The summed E-state index contributed by atoms with van der Waals surface area (Å²) < 4.78 is 11.7. The smallest absolute Gasteiger partial charge is 0.0593 e. The summed E-state index contributed by atoms with van der Waals surface area (Å²) in [4.78, 5) is 2.43. The molecule has 1 rings (SSSR count).